The fourth-order valence-corrected chi connectivity index (χ4v) is 1.95. The van der Waals surface area contributed by atoms with E-state index in [0.29, 0.717) is 16.8 Å². The molecule has 0 saturated carbocycles. The summed E-state index contributed by atoms with van der Waals surface area (Å²) in [5, 5.41) is 14.9. The van der Waals surface area contributed by atoms with Gasteiger partial charge in [-0.2, -0.15) is 0 Å². The van der Waals surface area contributed by atoms with Crippen molar-refractivity contribution in [1.82, 2.24) is 4.98 Å². The number of anilines is 1. The lowest BCUT2D eigenvalue weighted by atomic mass is 10.1. The quantitative estimate of drug-likeness (QED) is 0.658. The van der Waals surface area contributed by atoms with Gasteiger partial charge in [0.25, 0.3) is 5.69 Å². The van der Waals surface area contributed by atoms with Crippen LogP contribution in [-0.2, 0) is 0 Å². The number of nitrogens with one attached hydrogen (secondary N) is 1. The Bertz CT molecular complexity index is 596. The molecule has 2 aromatic rings. The Balaban J connectivity index is 2.36. The minimum atomic E-state index is -0.373. The Kier molecular flexibility index (Phi) is 3.94. The molecule has 0 amide bonds. The van der Waals surface area contributed by atoms with Crippen molar-refractivity contribution in [1.29, 1.82) is 0 Å². The molecule has 0 saturated heterocycles. The lowest BCUT2D eigenvalue weighted by Crippen LogP contribution is -2.05. The number of nitrogens with zero attached hydrogens (tertiary/aromatic N) is 2. The molecule has 0 spiro atoms. The van der Waals surface area contributed by atoms with Gasteiger partial charge in [-0.3, -0.25) is 15.1 Å². The van der Waals surface area contributed by atoms with Gasteiger partial charge in [0, 0.05) is 18.8 Å². The molecule has 1 aromatic carbocycles. The second kappa shape index (κ2) is 5.65. The molecule has 0 aliphatic heterocycles. The van der Waals surface area contributed by atoms with Gasteiger partial charge in [0.15, 0.2) is 0 Å². The number of aromatic nitrogens is 1. The highest BCUT2D eigenvalue weighted by molar-refractivity contribution is 5.96. The first-order valence-corrected chi connectivity index (χ1v) is 6.35. The molecule has 0 fully saturated rings. The minimum absolute atomic E-state index is 0.0949. The molecule has 0 bridgehead atoms. The number of fused-ring (bicyclic) bond motifs is 1. The highest BCUT2D eigenvalue weighted by Gasteiger charge is 2.14. The van der Waals surface area contributed by atoms with Gasteiger partial charge in [-0.15, -0.1) is 0 Å². The summed E-state index contributed by atoms with van der Waals surface area (Å²) in [5.74, 6) is 0.616. The average Bonchev–Trinajstić information content (AvgIpc) is 2.38. The van der Waals surface area contributed by atoms with Crippen LogP contribution in [0.5, 0.6) is 0 Å². The van der Waals surface area contributed by atoms with E-state index in [1.54, 1.807) is 24.4 Å². The van der Waals surface area contributed by atoms with E-state index in [2.05, 4.69) is 24.1 Å². The van der Waals surface area contributed by atoms with Crippen LogP contribution in [-0.4, -0.2) is 16.5 Å². The monoisotopic (exact) mass is 259 g/mol. The number of non-ortho nitro benzene ring substituents is 1. The largest absolute Gasteiger partial charge is 0.383 e. The first-order chi connectivity index (χ1) is 9.09. The molecule has 1 N–H and O–H groups in total. The van der Waals surface area contributed by atoms with Gasteiger partial charge in [-0.1, -0.05) is 13.8 Å². The standard InChI is InChI=1S/C14H17N3O2/c1-10(2)7-9-15-12-5-6-13(17(18)19)11-4-3-8-16-14(11)12/h3-6,8,10,15H,7,9H2,1-2H3. The third-order valence-corrected chi connectivity index (χ3v) is 2.98. The molecule has 0 aliphatic carbocycles. The van der Waals surface area contributed by atoms with E-state index in [-0.39, 0.29) is 10.6 Å². The Labute approximate surface area is 111 Å². The summed E-state index contributed by atoms with van der Waals surface area (Å²) >= 11 is 0. The van der Waals surface area contributed by atoms with Crippen LogP contribution in [0, 0.1) is 16.0 Å². The Morgan fingerprint density at radius 3 is 2.84 bits per heavy atom. The first kappa shape index (κ1) is 13.3. The molecular formula is C14H17N3O2. The van der Waals surface area contributed by atoms with Crippen LogP contribution in [0.15, 0.2) is 30.5 Å². The van der Waals surface area contributed by atoms with Crippen molar-refractivity contribution in [2.75, 3.05) is 11.9 Å². The van der Waals surface area contributed by atoms with Gasteiger partial charge in [0.1, 0.15) is 5.52 Å². The molecule has 100 valence electrons. The molecular weight excluding hydrogens is 242 g/mol. The molecule has 2 rings (SSSR count). The first-order valence-electron chi connectivity index (χ1n) is 6.35. The van der Waals surface area contributed by atoms with Gasteiger partial charge in [0.2, 0.25) is 0 Å². The molecule has 0 aliphatic rings. The van der Waals surface area contributed by atoms with Gasteiger partial charge in [-0.25, -0.2) is 0 Å². The number of benzene rings is 1. The van der Waals surface area contributed by atoms with E-state index in [9.17, 15) is 10.1 Å². The summed E-state index contributed by atoms with van der Waals surface area (Å²) in [6, 6.07) is 6.71. The zero-order valence-electron chi connectivity index (χ0n) is 11.1. The van der Waals surface area contributed by atoms with Crippen molar-refractivity contribution in [3.05, 3.63) is 40.6 Å². The Morgan fingerprint density at radius 2 is 2.16 bits per heavy atom. The van der Waals surface area contributed by atoms with Crippen molar-refractivity contribution >= 4 is 22.3 Å². The zero-order valence-corrected chi connectivity index (χ0v) is 11.1. The third-order valence-electron chi connectivity index (χ3n) is 2.98. The molecule has 0 unspecified atom stereocenters. The molecule has 5 heteroatoms. The maximum Gasteiger partial charge on any atom is 0.278 e. The highest BCUT2D eigenvalue weighted by atomic mass is 16.6. The summed E-state index contributed by atoms with van der Waals surface area (Å²) in [6.45, 7) is 5.16. The Hall–Kier alpha value is -2.17. The smallest absolute Gasteiger partial charge is 0.278 e. The number of nitro benzene ring substituents is 1. The SMILES string of the molecule is CC(C)CCNc1ccc([N+](=O)[O-])c2cccnc12. The lowest BCUT2D eigenvalue weighted by molar-refractivity contribution is -0.383. The molecule has 19 heavy (non-hydrogen) atoms. The van der Waals surface area contributed by atoms with E-state index >= 15 is 0 Å². The van der Waals surface area contributed by atoms with Crippen LogP contribution < -0.4 is 5.32 Å². The normalized spacial score (nSPS) is 10.9. The Morgan fingerprint density at radius 1 is 1.37 bits per heavy atom. The topological polar surface area (TPSA) is 68.1 Å². The molecule has 1 heterocycles. The summed E-state index contributed by atoms with van der Waals surface area (Å²) in [6.07, 6.45) is 2.70. The van der Waals surface area contributed by atoms with E-state index in [4.69, 9.17) is 0 Å². The van der Waals surface area contributed by atoms with Gasteiger partial charge < -0.3 is 5.32 Å². The number of nitro groups is 1. The fourth-order valence-electron chi connectivity index (χ4n) is 1.95. The zero-order chi connectivity index (χ0) is 13.8. The van der Waals surface area contributed by atoms with Crippen LogP contribution >= 0.6 is 0 Å². The van der Waals surface area contributed by atoms with Crippen LogP contribution in [0.2, 0.25) is 0 Å². The van der Waals surface area contributed by atoms with Gasteiger partial charge >= 0.3 is 0 Å². The van der Waals surface area contributed by atoms with Gasteiger partial charge in [-0.05, 0) is 30.5 Å². The van der Waals surface area contributed by atoms with E-state index < -0.39 is 0 Å². The van der Waals surface area contributed by atoms with Crippen molar-refractivity contribution in [2.24, 2.45) is 5.92 Å². The van der Waals surface area contributed by atoms with Crippen molar-refractivity contribution < 1.29 is 4.92 Å². The van der Waals surface area contributed by atoms with Gasteiger partial charge in [0.05, 0.1) is 16.0 Å². The number of hydrogen-bond acceptors (Lipinski definition) is 4. The van der Waals surface area contributed by atoms with E-state index in [1.165, 1.54) is 6.07 Å². The molecule has 0 radical (unpaired) electrons. The summed E-state index contributed by atoms with van der Waals surface area (Å²) < 4.78 is 0. The van der Waals surface area contributed by atoms with E-state index in [1.807, 2.05) is 0 Å². The van der Waals surface area contributed by atoms with Crippen LogP contribution in [0.3, 0.4) is 0 Å². The van der Waals surface area contributed by atoms with E-state index in [0.717, 1.165) is 18.7 Å². The van der Waals surface area contributed by atoms with Crippen LogP contribution in [0.25, 0.3) is 10.9 Å². The summed E-state index contributed by atoms with van der Waals surface area (Å²) in [4.78, 5) is 14.9. The van der Waals surface area contributed by atoms with Crippen LogP contribution in [0.1, 0.15) is 20.3 Å². The average molecular weight is 259 g/mol. The predicted octanol–water partition coefficient (Wildman–Crippen LogP) is 3.60. The molecule has 0 atom stereocenters. The fraction of sp³-hybridized carbons (Fsp3) is 0.357. The second-order valence-corrected chi connectivity index (χ2v) is 4.90. The third kappa shape index (κ3) is 2.99. The number of pyridine rings is 1. The lowest BCUT2D eigenvalue weighted by Gasteiger charge is -2.10. The minimum Gasteiger partial charge on any atom is -0.383 e. The van der Waals surface area contributed by atoms with Crippen molar-refractivity contribution in [2.45, 2.75) is 20.3 Å². The number of hydrogen-bond donors (Lipinski definition) is 1. The maximum absolute atomic E-state index is 11.0. The molecule has 1 aromatic heterocycles. The van der Waals surface area contributed by atoms with Crippen molar-refractivity contribution in [3.8, 4) is 0 Å². The molecule has 5 nitrogen and oxygen atoms in total. The second-order valence-electron chi connectivity index (χ2n) is 4.90. The highest BCUT2D eigenvalue weighted by Crippen LogP contribution is 2.29. The number of rotatable bonds is 5. The maximum atomic E-state index is 11.0. The van der Waals surface area contributed by atoms with Crippen LogP contribution in [0.4, 0.5) is 11.4 Å². The van der Waals surface area contributed by atoms with Crippen molar-refractivity contribution in [3.63, 3.8) is 0 Å². The summed E-state index contributed by atoms with van der Waals surface area (Å²) in [5.41, 5.74) is 1.60. The predicted molar refractivity (Wildman–Crippen MR) is 76.3 cm³/mol. The summed E-state index contributed by atoms with van der Waals surface area (Å²) in [7, 11) is 0.